The van der Waals surface area contributed by atoms with Gasteiger partial charge in [-0.05, 0) is 52.2 Å². The third-order valence-electron chi connectivity index (χ3n) is 5.14. The van der Waals surface area contributed by atoms with Crippen LogP contribution in [-0.2, 0) is 15.3 Å². The van der Waals surface area contributed by atoms with Crippen LogP contribution < -0.4 is 10.1 Å². The van der Waals surface area contributed by atoms with Crippen LogP contribution in [0.2, 0.25) is 5.02 Å². The summed E-state index contributed by atoms with van der Waals surface area (Å²) in [6.45, 7) is 1.78. The molecule has 33 heavy (non-hydrogen) atoms. The van der Waals surface area contributed by atoms with Crippen molar-refractivity contribution in [2.75, 3.05) is 19.5 Å². The molecule has 2 heterocycles. The summed E-state index contributed by atoms with van der Waals surface area (Å²) < 4.78 is 12.4. The molecule has 8 nitrogen and oxygen atoms in total. The van der Waals surface area contributed by atoms with Crippen LogP contribution >= 0.6 is 39.3 Å². The Morgan fingerprint density at radius 3 is 2.79 bits per heavy atom. The van der Waals surface area contributed by atoms with E-state index in [4.69, 9.17) is 21.1 Å². The molecule has 1 atom stereocenters. The van der Waals surface area contributed by atoms with Crippen molar-refractivity contribution in [1.82, 2.24) is 14.8 Å². The molecular formula is C22H20BrClN4O4S. The molecule has 0 spiro atoms. The number of anilines is 1. The van der Waals surface area contributed by atoms with Crippen molar-refractivity contribution in [2.24, 2.45) is 0 Å². The Morgan fingerprint density at radius 2 is 2.09 bits per heavy atom. The number of phenols is 1. The molecule has 0 fully saturated rings. The Balaban J connectivity index is 1.77. The van der Waals surface area contributed by atoms with Gasteiger partial charge < -0.3 is 19.9 Å². The minimum Gasteiger partial charge on any atom is -0.503 e. The molecule has 1 aromatic heterocycles. The van der Waals surface area contributed by atoms with Gasteiger partial charge in [0.25, 0.3) is 0 Å². The van der Waals surface area contributed by atoms with E-state index in [0.29, 0.717) is 43.2 Å². The Hall–Kier alpha value is -2.69. The van der Waals surface area contributed by atoms with Gasteiger partial charge in [-0.15, -0.1) is 5.10 Å². The van der Waals surface area contributed by atoms with Gasteiger partial charge in [-0.2, -0.15) is 4.98 Å². The van der Waals surface area contributed by atoms with Gasteiger partial charge in [-0.3, -0.25) is 0 Å². The average molecular weight is 552 g/mol. The van der Waals surface area contributed by atoms with Crippen molar-refractivity contribution in [1.29, 1.82) is 0 Å². The van der Waals surface area contributed by atoms with Gasteiger partial charge in [0.05, 0.1) is 24.3 Å². The van der Waals surface area contributed by atoms with Crippen LogP contribution in [0.15, 0.2) is 57.3 Å². The number of benzene rings is 2. The number of nitrogens with zero attached hydrogens (tertiary/aromatic N) is 3. The van der Waals surface area contributed by atoms with Gasteiger partial charge in [-0.25, -0.2) is 9.48 Å². The average Bonchev–Trinajstić information content (AvgIpc) is 3.21. The number of hydrogen-bond acceptors (Lipinski definition) is 8. The van der Waals surface area contributed by atoms with Crippen LogP contribution in [0.25, 0.3) is 0 Å². The number of nitrogens with one attached hydrogen (secondary N) is 1. The lowest BCUT2D eigenvalue weighted by Gasteiger charge is -2.28. The Kier molecular flexibility index (Phi) is 6.87. The summed E-state index contributed by atoms with van der Waals surface area (Å²) in [6.07, 6.45) is 0. The Bertz CT molecular complexity index is 1260. The second-order valence-corrected chi connectivity index (χ2v) is 9.36. The van der Waals surface area contributed by atoms with Crippen LogP contribution in [0, 0.1) is 0 Å². The van der Waals surface area contributed by atoms with E-state index in [1.165, 1.54) is 26.0 Å². The first-order valence-corrected chi connectivity index (χ1v) is 11.9. The highest BCUT2D eigenvalue weighted by molar-refractivity contribution is 9.10. The molecule has 1 aliphatic rings. The Morgan fingerprint density at radius 1 is 1.33 bits per heavy atom. The topological polar surface area (TPSA) is 98.5 Å². The molecule has 2 N–H and O–H groups in total. The van der Waals surface area contributed by atoms with E-state index in [9.17, 15) is 9.90 Å². The number of carbonyl (C=O) groups is 1. The number of aromatic hydroxyl groups is 1. The molecule has 2 aromatic carbocycles. The van der Waals surface area contributed by atoms with Crippen LogP contribution in [0.5, 0.6) is 11.5 Å². The lowest BCUT2D eigenvalue weighted by atomic mass is 9.95. The molecule has 1 aliphatic heterocycles. The summed E-state index contributed by atoms with van der Waals surface area (Å²) in [7, 11) is 2.79. The summed E-state index contributed by atoms with van der Waals surface area (Å²) in [4.78, 5) is 17.3. The van der Waals surface area contributed by atoms with E-state index in [1.807, 2.05) is 24.3 Å². The minimum absolute atomic E-state index is 0.0368. The summed E-state index contributed by atoms with van der Waals surface area (Å²) in [5.41, 5.74) is 2.60. The zero-order valence-corrected chi connectivity index (χ0v) is 21.1. The predicted molar refractivity (Wildman–Crippen MR) is 130 cm³/mol. The molecule has 4 rings (SSSR count). The zero-order valence-electron chi connectivity index (χ0n) is 17.9. The molecule has 0 aliphatic carbocycles. The summed E-state index contributed by atoms with van der Waals surface area (Å²) >= 11 is 11.1. The molecule has 0 bridgehead atoms. The summed E-state index contributed by atoms with van der Waals surface area (Å²) in [6, 6.07) is 10.3. The van der Waals surface area contributed by atoms with E-state index >= 15 is 0 Å². The van der Waals surface area contributed by atoms with Gasteiger partial charge in [0, 0.05) is 16.5 Å². The first-order chi connectivity index (χ1) is 15.8. The maximum atomic E-state index is 12.7. The number of phenolic OH excluding ortho intramolecular Hbond substituents is 1. The number of allylic oxidation sites excluding steroid dienone is 1. The van der Waals surface area contributed by atoms with Crippen LogP contribution in [0.3, 0.4) is 0 Å². The third-order valence-corrected chi connectivity index (χ3v) is 7.00. The molecule has 3 aromatic rings. The first kappa shape index (κ1) is 23.5. The quantitative estimate of drug-likeness (QED) is 0.320. The van der Waals surface area contributed by atoms with Gasteiger partial charge in [0.15, 0.2) is 11.5 Å². The molecule has 0 radical (unpaired) electrons. The standard InChI is InChI=1S/C22H20BrClN4O4S/c1-11-17(20(30)32-3)18(13-8-14(23)19(29)16(9-13)31-2)28-21(25-11)26-22(27-28)33-10-12-6-4-5-7-15(12)24/h4-9,18,29H,10H2,1-3H3,(H,25,26,27). The summed E-state index contributed by atoms with van der Waals surface area (Å²) in [5.74, 6) is 0.789. The normalized spacial score (nSPS) is 15.1. The predicted octanol–water partition coefficient (Wildman–Crippen LogP) is 5.16. The second kappa shape index (κ2) is 9.66. The number of rotatable bonds is 6. The maximum absolute atomic E-state index is 12.7. The highest BCUT2D eigenvalue weighted by atomic mass is 79.9. The van der Waals surface area contributed by atoms with Crippen molar-refractivity contribution in [3.05, 3.63) is 68.3 Å². The molecule has 0 amide bonds. The maximum Gasteiger partial charge on any atom is 0.338 e. The highest BCUT2D eigenvalue weighted by Crippen LogP contribution is 2.42. The fourth-order valence-corrected chi connectivity index (χ4v) is 5.11. The van der Waals surface area contributed by atoms with Gasteiger partial charge in [-0.1, -0.05) is 41.6 Å². The fourth-order valence-electron chi connectivity index (χ4n) is 3.54. The van der Waals surface area contributed by atoms with Crippen LogP contribution in [0.1, 0.15) is 24.1 Å². The zero-order chi connectivity index (χ0) is 23.7. The number of carbonyl (C=O) groups excluding carboxylic acids is 1. The molecule has 0 saturated carbocycles. The van der Waals surface area contributed by atoms with E-state index in [-0.39, 0.29) is 11.5 Å². The van der Waals surface area contributed by atoms with Crippen LogP contribution in [0.4, 0.5) is 5.95 Å². The van der Waals surface area contributed by atoms with Gasteiger partial charge in [0.1, 0.15) is 6.04 Å². The Labute approximate surface area is 208 Å². The smallest absolute Gasteiger partial charge is 0.338 e. The van der Waals surface area contributed by atoms with Crippen molar-refractivity contribution in [2.45, 2.75) is 23.9 Å². The molecular weight excluding hydrogens is 532 g/mol. The lowest BCUT2D eigenvalue weighted by Crippen LogP contribution is -2.29. The van der Waals surface area contributed by atoms with Crippen molar-refractivity contribution in [3.63, 3.8) is 0 Å². The number of methoxy groups -OCH3 is 2. The van der Waals surface area contributed by atoms with E-state index in [1.54, 1.807) is 23.7 Å². The van der Waals surface area contributed by atoms with E-state index < -0.39 is 12.0 Å². The molecule has 0 saturated heterocycles. The van der Waals surface area contributed by atoms with Gasteiger partial charge in [0.2, 0.25) is 11.1 Å². The van der Waals surface area contributed by atoms with Crippen molar-refractivity contribution >= 4 is 51.2 Å². The largest absolute Gasteiger partial charge is 0.503 e. The number of aromatic nitrogens is 3. The van der Waals surface area contributed by atoms with Gasteiger partial charge >= 0.3 is 5.97 Å². The fraction of sp³-hybridized carbons (Fsp3) is 0.227. The summed E-state index contributed by atoms with van der Waals surface area (Å²) in [5, 5.41) is 19.3. The SMILES string of the molecule is COC(=O)C1=C(C)Nc2nc(SCc3ccccc3Cl)nn2C1c1cc(Br)c(O)c(OC)c1. The first-order valence-electron chi connectivity index (χ1n) is 9.79. The van der Waals surface area contributed by atoms with Crippen LogP contribution in [-0.4, -0.2) is 40.1 Å². The number of esters is 1. The second-order valence-electron chi connectivity index (χ2n) is 7.15. The number of fused-ring (bicyclic) bond motifs is 1. The monoisotopic (exact) mass is 550 g/mol. The number of ether oxygens (including phenoxy) is 2. The third kappa shape index (κ3) is 4.55. The number of hydrogen-bond donors (Lipinski definition) is 2. The number of halogens is 2. The molecule has 11 heteroatoms. The van der Waals surface area contributed by atoms with Crippen molar-refractivity contribution in [3.8, 4) is 11.5 Å². The highest BCUT2D eigenvalue weighted by Gasteiger charge is 2.35. The number of thioether (sulfide) groups is 1. The van der Waals surface area contributed by atoms with E-state index in [0.717, 1.165) is 5.56 Å². The lowest BCUT2D eigenvalue weighted by molar-refractivity contribution is -0.136. The molecule has 172 valence electrons. The van der Waals surface area contributed by atoms with Crippen molar-refractivity contribution < 1.29 is 19.4 Å². The minimum atomic E-state index is -0.651. The molecule has 1 unspecified atom stereocenters. The van der Waals surface area contributed by atoms with E-state index in [2.05, 4.69) is 31.3 Å².